The van der Waals surface area contributed by atoms with Crippen molar-refractivity contribution in [3.8, 4) is 11.4 Å². The molecular weight excluding hydrogens is 444 g/mol. The van der Waals surface area contributed by atoms with Crippen molar-refractivity contribution in [3.05, 3.63) is 52.7 Å². The number of pyridine rings is 2. The molecule has 0 unspecified atom stereocenters. The van der Waals surface area contributed by atoms with E-state index in [4.69, 9.17) is 4.74 Å². The average Bonchev–Trinajstić information content (AvgIpc) is 2.84. The van der Waals surface area contributed by atoms with Gasteiger partial charge >= 0.3 is 0 Å². The first-order chi connectivity index (χ1) is 17.1. The van der Waals surface area contributed by atoms with Gasteiger partial charge < -0.3 is 10.1 Å². The Labute approximate surface area is 203 Å². The highest BCUT2D eigenvalue weighted by atomic mass is 16.5. The number of hydrogen-bond donors (Lipinski definition) is 1. The highest BCUT2D eigenvalue weighted by Crippen LogP contribution is 2.55. The highest BCUT2D eigenvalue weighted by Gasteiger charge is 2.48. The van der Waals surface area contributed by atoms with Crippen LogP contribution in [0.1, 0.15) is 42.5 Å². The van der Waals surface area contributed by atoms with Gasteiger partial charge in [-0.25, -0.2) is 15.0 Å². The molecule has 1 saturated heterocycles. The molecule has 3 aromatic rings. The molecule has 9 heteroatoms. The molecule has 1 spiro atoms. The van der Waals surface area contributed by atoms with Crippen LogP contribution >= 0.6 is 0 Å². The van der Waals surface area contributed by atoms with E-state index in [0.717, 1.165) is 36.9 Å². The maximum absolute atomic E-state index is 13.5. The van der Waals surface area contributed by atoms with Crippen molar-refractivity contribution in [1.82, 2.24) is 29.7 Å². The summed E-state index contributed by atoms with van der Waals surface area (Å²) >= 11 is 0. The number of rotatable bonds is 6. The van der Waals surface area contributed by atoms with E-state index in [1.54, 1.807) is 35.3 Å². The number of ether oxygens (including phenoxy) is 1. The Hall–Kier alpha value is -3.17. The average molecular weight is 475 g/mol. The maximum atomic E-state index is 13.5. The van der Waals surface area contributed by atoms with Crippen LogP contribution in [-0.2, 0) is 11.3 Å². The Kier molecular flexibility index (Phi) is 5.82. The molecule has 1 aliphatic heterocycles. The summed E-state index contributed by atoms with van der Waals surface area (Å²) in [6, 6.07) is 5.50. The fraction of sp³-hybridized carbons (Fsp3) is 0.500. The van der Waals surface area contributed by atoms with Crippen LogP contribution in [0, 0.1) is 5.41 Å². The highest BCUT2D eigenvalue weighted by molar-refractivity contribution is 5.97. The predicted molar refractivity (Wildman–Crippen MR) is 131 cm³/mol. The molecule has 4 heterocycles. The van der Waals surface area contributed by atoms with Gasteiger partial charge in [0.05, 0.1) is 13.2 Å². The van der Waals surface area contributed by atoms with Crippen molar-refractivity contribution in [3.63, 3.8) is 0 Å². The first-order valence-electron chi connectivity index (χ1n) is 12.5. The topological polar surface area (TPSA) is 102 Å². The van der Waals surface area contributed by atoms with E-state index in [1.807, 2.05) is 6.07 Å². The molecule has 3 aromatic heterocycles. The molecule has 0 atom stereocenters. The van der Waals surface area contributed by atoms with E-state index in [-0.39, 0.29) is 23.1 Å². The third-order valence-electron chi connectivity index (χ3n) is 7.85. The van der Waals surface area contributed by atoms with Crippen LogP contribution in [-0.4, -0.2) is 69.2 Å². The fourth-order valence-electron chi connectivity index (χ4n) is 5.71. The van der Waals surface area contributed by atoms with Gasteiger partial charge in [0.25, 0.3) is 11.5 Å². The monoisotopic (exact) mass is 474 g/mol. The van der Waals surface area contributed by atoms with E-state index in [2.05, 4.69) is 25.2 Å². The summed E-state index contributed by atoms with van der Waals surface area (Å²) in [5.74, 6) is 0.261. The number of amides is 1. The summed E-state index contributed by atoms with van der Waals surface area (Å²) in [4.78, 5) is 42.3. The summed E-state index contributed by atoms with van der Waals surface area (Å²) in [6.07, 6.45) is 10.9. The SMILES string of the molecule is O=C(NC1CC2(CCC2)C1)c1cc2cc(-c3ncccn3)cnc2n(CCN2CCOCC2)c1=O. The standard InChI is InChI=1S/C26H30N6O3/c33-24(30-20-15-26(16-20)3-1-4-26)21-14-18-13-19(22-27-5-2-6-28-22)17-29-23(18)32(25(21)34)8-7-31-9-11-35-12-10-31/h2,5-6,13-14,17,20H,1,3-4,7-12,15-16H2,(H,30,33). The summed E-state index contributed by atoms with van der Waals surface area (Å²) in [6.45, 7) is 4.20. The third kappa shape index (κ3) is 4.34. The molecule has 2 aliphatic carbocycles. The number of fused-ring (bicyclic) bond motifs is 1. The van der Waals surface area contributed by atoms with Crippen LogP contribution < -0.4 is 10.9 Å². The van der Waals surface area contributed by atoms with Crippen molar-refractivity contribution in [2.45, 2.75) is 44.7 Å². The van der Waals surface area contributed by atoms with Crippen LogP contribution in [0.5, 0.6) is 0 Å². The Morgan fingerprint density at radius 1 is 1.09 bits per heavy atom. The minimum absolute atomic E-state index is 0.155. The molecule has 35 heavy (non-hydrogen) atoms. The molecule has 182 valence electrons. The molecule has 6 rings (SSSR count). The van der Waals surface area contributed by atoms with Crippen molar-refractivity contribution in [2.24, 2.45) is 5.41 Å². The summed E-state index contributed by atoms with van der Waals surface area (Å²) in [5.41, 5.74) is 1.64. The molecule has 3 aliphatic rings. The summed E-state index contributed by atoms with van der Waals surface area (Å²) in [5, 5.41) is 3.84. The molecule has 0 bridgehead atoms. The number of carbonyl (C=O) groups is 1. The lowest BCUT2D eigenvalue weighted by molar-refractivity contribution is -0.000651. The van der Waals surface area contributed by atoms with Gasteiger partial charge in [-0.2, -0.15) is 0 Å². The molecule has 0 radical (unpaired) electrons. The first-order valence-corrected chi connectivity index (χ1v) is 12.5. The van der Waals surface area contributed by atoms with Crippen molar-refractivity contribution in [1.29, 1.82) is 0 Å². The molecule has 1 N–H and O–H groups in total. The van der Waals surface area contributed by atoms with E-state index >= 15 is 0 Å². The normalized spacial score (nSPS) is 19.9. The van der Waals surface area contributed by atoms with Gasteiger partial charge in [0, 0.05) is 61.8 Å². The third-order valence-corrected chi connectivity index (χ3v) is 7.85. The second kappa shape index (κ2) is 9.13. The lowest BCUT2D eigenvalue weighted by Gasteiger charge is -2.54. The van der Waals surface area contributed by atoms with E-state index < -0.39 is 0 Å². The van der Waals surface area contributed by atoms with E-state index in [0.29, 0.717) is 43.2 Å². The smallest absolute Gasteiger partial charge is 0.265 e. The number of nitrogens with zero attached hydrogens (tertiary/aromatic N) is 5. The van der Waals surface area contributed by atoms with Crippen LogP contribution in [0.2, 0.25) is 0 Å². The largest absolute Gasteiger partial charge is 0.379 e. The number of nitrogens with one attached hydrogen (secondary N) is 1. The van der Waals surface area contributed by atoms with Crippen LogP contribution in [0.25, 0.3) is 22.4 Å². The van der Waals surface area contributed by atoms with Gasteiger partial charge in [0.1, 0.15) is 11.2 Å². The molecule has 9 nitrogen and oxygen atoms in total. The Bertz CT molecular complexity index is 1290. The Morgan fingerprint density at radius 2 is 1.86 bits per heavy atom. The van der Waals surface area contributed by atoms with Crippen LogP contribution in [0.15, 0.2) is 41.6 Å². The number of hydrogen-bond acceptors (Lipinski definition) is 7. The number of carbonyl (C=O) groups excluding carboxylic acids is 1. The molecular formula is C26H30N6O3. The minimum Gasteiger partial charge on any atom is -0.379 e. The van der Waals surface area contributed by atoms with Crippen molar-refractivity contribution in [2.75, 3.05) is 32.8 Å². The van der Waals surface area contributed by atoms with Gasteiger partial charge in [-0.3, -0.25) is 19.1 Å². The summed E-state index contributed by atoms with van der Waals surface area (Å²) in [7, 11) is 0. The Morgan fingerprint density at radius 3 is 2.57 bits per heavy atom. The lowest BCUT2D eigenvalue weighted by atomic mass is 9.54. The van der Waals surface area contributed by atoms with Crippen molar-refractivity contribution >= 4 is 16.9 Å². The zero-order chi connectivity index (χ0) is 23.8. The van der Waals surface area contributed by atoms with Gasteiger partial charge in [-0.1, -0.05) is 6.42 Å². The second-order valence-corrected chi connectivity index (χ2v) is 10.1. The zero-order valence-electron chi connectivity index (χ0n) is 19.8. The second-order valence-electron chi connectivity index (χ2n) is 10.1. The van der Waals surface area contributed by atoms with Gasteiger partial charge in [-0.05, 0) is 49.3 Å². The quantitative estimate of drug-likeness (QED) is 0.585. The van der Waals surface area contributed by atoms with E-state index in [1.165, 1.54) is 19.3 Å². The Balaban J connectivity index is 1.33. The van der Waals surface area contributed by atoms with E-state index in [9.17, 15) is 9.59 Å². The molecule has 2 saturated carbocycles. The molecule has 1 amide bonds. The van der Waals surface area contributed by atoms with Crippen LogP contribution in [0.4, 0.5) is 0 Å². The fourth-order valence-corrected chi connectivity index (χ4v) is 5.71. The van der Waals surface area contributed by atoms with Gasteiger partial charge in [0.2, 0.25) is 0 Å². The molecule has 0 aromatic carbocycles. The summed E-state index contributed by atoms with van der Waals surface area (Å²) < 4.78 is 7.09. The van der Waals surface area contributed by atoms with Crippen LogP contribution in [0.3, 0.4) is 0 Å². The zero-order valence-corrected chi connectivity index (χ0v) is 19.8. The van der Waals surface area contributed by atoms with Gasteiger partial charge in [0.15, 0.2) is 5.82 Å². The van der Waals surface area contributed by atoms with Gasteiger partial charge in [-0.15, -0.1) is 0 Å². The lowest BCUT2D eigenvalue weighted by Crippen LogP contribution is -2.54. The maximum Gasteiger partial charge on any atom is 0.265 e. The number of morpholine rings is 1. The first kappa shape index (κ1) is 22.3. The van der Waals surface area contributed by atoms with Crippen molar-refractivity contribution < 1.29 is 9.53 Å². The predicted octanol–water partition coefficient (Wildman–Crippen LogP) is 2.25. The molecule has 3 fully saturated rings. The number of aromatic nitrogens is 4. The minimum atomic E-state index is -0.294.